The number of nitrogens with zero attached hydrogens (tertiary/aromatic N) is 1. The van der Waals surface area contributed by atoms with Crippen molar-refractivity contribution < 1.29 is 114 Å². The zero-order valence-corrected chi connectivity index (χ0v) is 84.2. The van der Waals surface area contributed by atoms with Crippen LogP contribution in [-0.2, 0) is 91.0 Å². The monoisotopic (exact) mass is 2050 g/mol. The van der Waals surface area contributed by atoms with Crippen LogP contribution in [0.3, 0.4) is 0 Å². The fourth-order valence-electron chi connectivity index (χ4n) is 20.3. The Bertz CT molecular complexity index is 4770. The Morgan fingerprint density at radius 1 is 0.383 bits per heavy atom. The van der Waals surface area contributed by atoms with Gasteiger partial charge < -0.3 is 38.3 Å². The number of halogens is 9. The van der Waals surface area contributed by atoms with Crippen molar-refractivity contribution in [3.05, 3.63) is 273 Å². The first kappa shape index (κ1) is 114. The summed E-state index contributed by atoms with van der Waals surface area (Å²) in [6.07, 6.45) is 12.1. The SMILES string of the molecule is CC(O)(C(=O)O)C(F)(F)F.CCCCCCCCCCCCCCCCCC(=O)OCCN1CCOCC1.O=C(OC(CS(=O)(=O)[O-])(C(F)(F)F)C(F)(F)F)C12CC3CC(CC(C3)C1)C2.O=C(OCCS(=O)(=O)[O-])C12CC3CC(CC(C3)C1)C2.c1ccc([S+](c2ccccc2)c2ccccc2)cc1.c1ccc([S+](c2ccccc2)c2ccccc2)cc1.c1ccc([S+](c2ccccc2)c2ccccc2)cc1. The zero-order chi connectivity index (χ0) is 102. The standard InChI is InChI=1S/C24H47NO3.3C18H15S.C15H18F6O5S.C13H20O5S.C4H5F3O3/c1-2-3-4-5-6-7-8-9-10-11-12-13-14-15-16-17-24(26)28-23-20-25-18-21-27-22-19-25;3*1-4-10-16(11-5-1)19(17-12-6-2-7-13-17)18-14-8-3-9-15-18;16-14(17,18)13(15(19,20)21,7-27(23,24)25)26-11(22)12-4-8-1-9(5-12)3-10(2-8)6-12;14-12(18-1-2-19(15,16)17)13-6-9-3-10(7-13)5-11(4-9)8-13;1-3(10,2(8)9)4(5,6)7/h2-23H2,1H3;3*1-15H;8-10H,1-7H2,(H,23,24,25);9-11H,1-8H2,(H,15,16,17);10H,1H3,(H,8,9)/q;3*+1;;;/p-2. The number of carbonyl (C=O) groups excluding carboxylic acids is 3. The second kappa shape index (κ2) is 55.3. The van der Waals surface area contributed by atoms with Crippen LogP contribution in [0.5, 0.6) is 0 Å². The summed E-state index contributed by atoms with van der Waals surface area (Å²) in [7, 11) is -10.4. The van der Waals surface area contributed by atoms with Gasteiger partial charge in [-0.1, -0.05) is 261 Å². The number of unbranched alkanes of at least 4 members (excludes halogenated alkanes) is 14. The van der Waals surface area contributed by atoms with Gasteiger partial charge in [-0.25, -0.2) is 21.6 Å². The molecule has 0 aromatic heterocycles. The molecule has 0 amide bonds. The van der Waals surface area contributed by atoms with Crippen molar-refractivity contribution in [3.8, 4) is 0 Å². The molecule has 9 fully saturated rings. The number of carbonyl (C=O) groups is 4. The molecule has 141 heavy (non-hydrogen) atoms. The Morgan fingerprint density at radius 3 is 0.865 bits per heavy atom. The van der Waals surface area contributed by atoms with E-state index >= 15 is 0 Å². The lowest BCUT2D eigenvalue weighted by molar-refractivity contribution is -0.364. The highest BCUT2D eigenvalue weighted by molar-refractivity contribution is 7.97. The summed E-state index contributed by atoms with van der Waals surface area (Å²) in [4.78, 5) is 60.8. The maximum Gasteiger partial charge on any atom is 0.438 e. The van der Waals surface area contributed by atoms with Crippen molar-refractivity contribution in [3.63, 3.8) is 0 Å². The largest absolute Gasteiger partial charge is 0.748 e. The number of ether oxygens (including phenoxy) is 4. The van der Waals surface area contributed by atoms with Crippen LogP contribution in [0.2, 0.25) is 0 Å². The summed E-state index contributed by atoms with van der Waals surface area (Å²) in [5.74, 6) is -5.87. The van der Waals surface area contributed by atoms with Crippen molar-refractivity contribution >= 4 is 76.8 Å². The first-order valence-corrected chi connectivity index (χ1v) is 55.7. The predicted molar refractivity (Wildman–Crippen MR) is 529 cm³/mol. The van der Waals surface area contributed by atoms with E-state index in [1.165, 1.54) is 147 Å². The Balaban J connectivity index is 0.000000172. The number of hydrogen-bond donors (Lipinski definition) is 2. The molecule has 8 saturated carbocycles. The van der Waals surface area contributed by atoms with Crippen LogP contribution >= 0.6 is 0 Å². The number of benzene rings is 9. The molecule has 31 heteroatoms. The summed E-state index contributed by atoms with van der Waals surface area (Å²) in [6.45, 7) is 7.03. The van der Waals surface area contributed by atoms with Crippen LogP contribution in [0.1, 0.15) is 194 Å². The molecule has 1 atom stereocenters. The van der Waals surface area contributed by atoms with Gasteiger partial charge in [0.05, 0.1) is 88.5 Å². The molecule has 9 aromatic rings. The molecule has 1 unspecified atom stereocenters. The van der Waals surface area contributed by atoms with E-state index in [2.05, 4.69) is 290 Å². The minimum atomic E-state index is -6.32. The van der Waals surface area contributed by atoms with E-state index in [0.717, 1.165) is 84.2 Å². The van der Waals surface area contributed by atoms with Crippen molar-refractivity contribution in [1.82, 2.24) is 4.90 Å². The Hall–Kier alpha value is -9.02. The second-order valence-electron chi connectivity index (χ2n) is 37.7. The molecule has 0 spiro atoms. The molecule has 8 aliphatic carbocycles. The maximum atomic E-state index is 13.3. The van der Waals surface area contributed by atoms with Crippen LogP contribution in [0.15, 0.2) is 317 Å². The van der Waals surface area contributed by atoms with E-state index in [0.29, 0.717) is 30.8 Å². The first-order valence-electron chi connectivity index (χ1n) is 48.9. The van der Waals surface area contributed by atoms with Gasteiger partial charge in [-0.3, -0.25) is 19.3 Å². The highest BCUT2D eigenvalue weighted by Gasteiger charge is 2.76. The van der Waals surface area contributed by atoms with Gasteiger partial charge in [-0.2, -0.15) is 39.5 Å². The maximum absolute atomic E-state index is 13.3. The number of carboxylic acid groups (broad SMARTS) is 1. The lowest BCUT2D eigenvalue weighted by Crippen LogP contribution is -2.65. The van der Waals surface area contributed by atoms with E-state index < -0.39 is 78.8 Å². The summed E-state index contributed by atoms with van der Waals surface area (Å²) in [6, 6.07) is 96.5. The number of hydrogen-bond acceptors (Lipinski definition) is 16. The molecule has 9 aromatic carbocycles. The molecule has 0 radical (unpaired) electrons. The molecular weight excluding hydrogens is 1920 g/mol. The average molecular weight is 2060 g/mol. The minimum Gasteiger partial charge on any atom is -0.748 e. The summed E-state index contributed by atoms with van der Waals surface area (Å²) in [5, 5.41) is 16.0. The Kier molecular flexibility index (Phi) is 44.7. The van der Waals surface area contributed by atoms with Gasteiger partial charge in [0.15, 0.2) is 44.1 Å². The van der Waals surface area contributed by atoms with Crippen molar-refractivity contribution in [2.75, 3.05) is 57.6 Å². The average Bonchev–Trinajstić information content (AvgIpc) is 0.751. The van der Waals surface area contributed by atoms with Crippen molar-refractivity contribution in [2.45, 2.75) is 267 Å². The third-order valence-corrected chi connectivity index (χ3v) is 34.7. The van der Waals surface area contributed by atoms with Crippen LogP contribution in [-0.4, -0.2) is 152 Å². The predicted octanol–water partition coefficient (Wildman–Crippen LogP) is 25.3. The highest BCUT2D eigenvalue weighted by Crippen LogP contribution is 2.63. The van der Waals surface area contributed by atoms with E-state index in [1.807, 2.05) is 0 Å². The molecule has 9 aliphatic rings. The van der Waals surface area contributed by atoms with Crippen LogP contribution in [0, 0.1) is 46.3 Å². The van der Waals surface area contributed by atoms with E-state index in [9.17, 15) is 84.6 Å². The van der Waals surface area contributed by atoms with E-state index in [-0.39, 0.29) is 101 Å². The molecule has 1 aliphatic heterocycles. The Morgan fingerprint density at radius 2 is 0.638 bits per heavy atom. The lowest BCUT2D eigenvalue weighted by Gasteiger charge is -2.55. The van der Waals surface area contributed by atoms with Crippen molar-refractivity contribution in [1.29, 1.82) is 0 Å². The summed E-state index contributed by atoms with van der Waals surface area (Å²) in [5.41, 5.74) is -10.9. The smallest absolute Gasteiger partial charge is 0.438 e. The number of aliphatic carboxylic acids is 1. The third kappa shape index (κ3) is 35.7. The molecule has 1 saturated heterocycles. The number of esters is 3. The third-order valence-electron chi connectivity index (χ3n) is 26.6. The molecular formula is C110H133F9NO16S5+. The normalized spacial score (nSPS) is 20.5. The first-order chi connectivity index (χ1) is 67.3. The second-order valence-corrected chi connectivity index (χ2v) is 46.7. The number of morpholine rings is 1. The zero-order valence-electron chi connectivity index (χ0n) is 80.1. The molecule has 17 nitrogen and oxygen atoms in total. The fraction of sp³-hybridized carbons (Fsp3) is 0.473. The molecule has 766 valence electrons. The molecule has 8 bridgehead atoms. The lowest BCUT2D eigenvalue weighted by atomic mass is 9.49. The van der Waals surface area contributed by atoms with Gasteiger partial charge in [-0.05, 0) is 235 Å². The van der Waals surface area contributed by atoms with E-state index in [1.54, 1.807) is 0 Å². The fourth-order valence-corrected chi connectivity index (χ4v) is 27.8. The topological polar surface area (TPSA) is 263 Å². The van der Waals surface area contributed by atoms with Gasteiger partial charge in [0.25, 0.3) is 5.60 Å². The van der Waals surface area contributed by atoms with Crippen molar-refractivity contribution in [2.24, 2.45) is 46.3 Å². The number of rotatable bonds is 37. The van der Waals surface area contributed by atoms with Crippen LogP contribution in [0.4, 0.5) is 39.5 Å². The van der Waals surface area contributed by atoms with Gasteiger partial charge in [0, 0.05) is 26.1 Å². The Labute approximate surface area is 834 Å². The molecule has 1 heterocycles. The van der Waals surface area contributed by atoms with E-state index in [4.69, 9.17) is 24.4 Å². The number of carboxylic acids is 1. The number of aliphatic hydroxyl groups is 1. The van der Waals surface area contributed by atoms with Crippen LogP contribution in [0.25, 0.3) is 0 Å². The number of alkyl halides is 9. The highest BCUT2D eigenvalue weighted by atomic mass is 32.2. The molecule has 2 N–H and O–H groups in total. The van der Waals surface area contributed by atoms with Gasteiger partial charge >= 0.3 is 48.0 Å². The van der Waals surface area contributed by atoms with Gasteiger partial charge in [0.2, 0.25) is 0 Å². The minimum absolute atomic E-state index is 0.0146. The van der Waals surface area contributed by atoms with Gasteiger partial charge in [0.1, 0.15) is 13.2 Å². The summed E-state index contributed by atoms with van der Waals surface area (Å²) >= 11 is 0. The van der Waals surface area contributed by atoms with Crippen LogP contribution < -0.4 is 0 Å². The molecule has 18 rings (SSSR count). The van der Waals surface area contributed by atoms with Gasteiger partial charge in [-0.15, -0.1) is 0 Å². The quantitative estimate of drug-likeness (QED) is 0.00915. The summed E-state index contributed by atoms with van der Waals surface area (Å²) < 4.78 is 198.